The summed E-state index contributed by atoms with van der Waals surface area (Å²) in [4.78, 5) is 0. The van der Waals surface area contributed by atoms with Gasteiger partial charge in [-0.05, 0) is 121 Å². The SMILES string of the molecule is CC.CC1CCC2(CO)CCC3C(CCC4C3(C)CCC3C(C)(C)C(O)CCC34C)C12.CCC. The van der Waals surface area contributed by atoms with Crippen molar-refractivity contribution in [3.05, 3.63) is 0 Å². The minimum absolute atomic E-state index is 0.0593. The van der Waals surface area contributed by atoms with Crippen molar-refractivity contribution in [2.75, 3.05) is 6.61 Å². The third kappa shape index (κ3) is 4.13. The number of rotatable bonds is 1. The van der Waals surface area contributed by atoms with Crippen LogP contribution in [-0.4, -0.2) is 22.9 Å². The Bertz CT molecular complexity index is 672. The van der Waals surface area contributed by atoms with Gasteiger partial charge in [-0.1, -0.05) is 68.7 Å². The van der Waals surface area contributed by atoms with Crippen LogP contribution in [0.5, 0.6) is 0 Å². The van der Waals surface area contributed by atoms with Crippen molar-refractivity contribution in [1.29, 1.82) is 0 Å². The lowest BCUT2D eigenvalue weighted by Crippen LogP contribution is -2.63. The molecular weight excluding hydrogens is 416 g/mol. The molecule has 0 aliphatic heterocycles. The predicted octanol–water partition coefficient (Wildman–Crippen LogP) is 8.49. The molecule has 5 saturated carbocycles. The van der Waals surface area contributed by atoms with Crippen LogP contribution in [0.3, 0.4) is 0 Å². The molecule has 2 nitrogen and oxygen atoms in total. The zero-order chi connectivity index (χ0) is 25.5. The number of aliphatic hydroxyl groups excluding tert-OH is 2. The molecule has 0 aromatic rings. The fourth-order valence-corrected chi connectivity index (χ4v) is 11.0. The standard InChI is InChI=1S/C27H46O2.C3H8.C2H6/c1-17-8-14-27(16-28)15-9-19-18(23(17)27)6-7-21-25(19,4)12-10-20-24(2,3)22(29)11-13-26(20,21)5;1-3-2;1-2/h17-23,28-29H,6-16H2,1-5H3;3H2,1-2H3;1-2H3. The fourth-order valence-electron chi connectivity index (χ4n) is 11.0. The van der Waals surface area contributed by atoms with Crippen molar-refractivity contribution in [1.82, 2.24) is 0 Å². The molecule has 0 aromatic heterocycles. The summed E-state index contributed by atoms with van der Waals surface area (Å²) in [5.41, 5.74) is 1.18. The van der Waals surface area contributed by atoms with Crippen molar-refractivity contribution in [2.24, 2.45) is 57.2 Å². The van der Waals surface area contributed by atoms with Crippen molar-refractivity contribution in [3.63, 3.8) is 0 Å². The molecule has 5 aliphatic rings. The van der Waals surface area contributed by atoms with Crippen LogP contribution >= 0.6 is 0 Å². The molecule has 5 fully saturated rings. The summed E-state index contributed by atoms with van der Waals surface area (Å²) >= 11 is 0. The van der Waals surface area contributed by atoms with Crippen LogP contribution in [0.4, 0.5) is 0 Å². The smallest absolute Gasteiger partial charge is 0.0594 e. The highest BCUT2D eigenvalue weighted by atomic mass is 16.3. The van der Waals surface area contributed by atoms with Gasteiger partial charge >= 0.3 is 0 Å². The zero-order valence-electron chi connectivity index (χ0n) is 24.4. The highest BCUT2D eigenvalue weighted by Crippen LogP contribution is 2.73. The van der Waals surface area contributed by atoms with Crippen LogP contribution < -0.4 is 0 Å². The van der Waals surface area contributed by atoms with Gasteiger partial charge in [-0.2, -0.15) is 0 Å². The van der Waals surface area contributed by atoms with Gasteiger partial charge in [-0.15, -0.1) is 0 Å². The molecule has 0 radical (unpaired) electrons. The van der Waals surface area contributed by atoms with Crippen LogP contribution in [-0.2, 0) is 0 Å². The molecular formula is C32H60O2. The highest BCUT2D eigenvalue weighted by molar-refractivity contribution is 5.15. The van der Waals surface area contributed by atoms with Crippen molar-refractivity contribution in [2.45, 2.75) is 139 Å². The van der Waals surface area contributed by atoms with E-state index in [0.29, 0.717) is 23.4 Å². The predicted molar refractivity (Wildman–Crippen MR) is 146 cm³/mol. The van der Waals surface area contributed by atoms with Gasteiger partial charge in [0.15, 0.2) is 0 Å². The molecule has 34 heavy (non-hydrogen) atoms. The third-order valence-corrected chi connectivity index (χ3v) is 12.4. The molecule has 200 valence electrons. The average Bonchev–Trinajstić information content (AvgIpc) is 3.16. The molecule has 0 amide bonds. The Balaban J connectivity index is 0.000000603. The van der Waals surface area contributed by atoms with Crippen molar-refractivity contribution < 1.29 is 10.2 Å². The van der Waals surface area contributed by atoms with Gasteiger partial charge in [-0.25, -0.2) is 0 Å². The molecule has 10 atom stereocenters. The summed E-state index contributed by atoms with van der Waals surface area (Å²) in [7, 11) is 0. The van der Waals surface area contributed by atoms with Gasteiger partial charge in [-0.3, -0.25) is 0 Å². The van der Waals surface area contributed by atoms with Gasteiger partial charge in [0.05, 0.1) is 6.10 Å². The second kappa shape index (κ2) is 10.4. The van der Waals surface area contributed by atoms with Crippen molar-refractivity contribution >= 4 is 0 Å². The number of fused-ring (bicyclic) bond motifs is 7. The lowest BCUT2D eigenvalue weighted by atomic mass is 9.36. The Labute approximate surface area is 213 Å². The van der Waals surface area contributed by atoms with E-state index in [9.17, 15) is 10.2 Å². The first-order valence-corrected chi connectivity index (χ1v) is 15.3. The Kier molecular flexibility index (Phi) is 8.68. The lowest BCUT2D eigenvalue weighted by Gasteiger charge is -2.69. The summed E-state index contributed by atoms with van der Waals surface area (Å²) in [6, 6.07) is 0. The number of hydrogen-bond acceptors (Lipinski definition) is 2. The summed E-state index contributed by atoms with van der Waals surface area (Å²) in [6.45, 7) is 21.2. The summed E-state index contributed by atoms with van der Waals surface area (Å²) in [5, 5.41) is 21.2. The quantitative estimate of drug-likeness (QED) is 0.398. The lowest BCUT2D eigenvalue weighted by molar-refractivity contribution is -0.217. The average molecular weight is 477 g/mol. The molecule has 2 heteroatoms. The van der Waals surface area contributed by atoms with Crippen LogP contribution in [0.1, 0.15) is 133 Å². The molecule has 0 spiro atoms. The Hall–Kier alpha value is -0.0800. The second-order valence-electron chi connectivity index (χ2n) is 14.2. The topological polar surface area (TPSA) is 40.5 Å². The highest BCUT2D eigenvalue weighted by Gasteiger charge is 2.66. The van der Waals surface area contributed by atoms with E-state index >= 15 is 0 Å². The largest absolute Gasteiger partial charge is 0.396 e. The molecule has 0 heterocycles. The van der Waals surface area contributed by atoms with E-state index in [-0.39, 0.29) is 16.9 Å². The van der Waals surface area contributed by atoms with Crippen LogP contribution in [0.25, 0.3) is 0 Å². The molecule has 5 rings (SSSR count). The van der Waals surface area contributed by atoms with E-state index in [1.54, 1.807) is 0 Å². The maximum absolute atomic E-state index is 10.8. The van der Waals surface area contributed by atoms with Crippen LogP contribution in [0, 0.1) is 57.2 Å². The maximum atomic E-state index is 10.8. The van der Waals surface area contributed by atoms with E-state index in [2.05, 4.69) is 48.5 Å². The fraction of sp³-hybridized carbons (Fsp3) is 1.00. The van der Waals surface area contributed by atoms with Gasteiger partial charge in [0.1, 0.15) is 0 Å². The van der Waals surface area contributed by atoms with E-state index < -0.39 is 0 Å². The minimum Gasteiger partial charge on any atom is -0.396 e. The van der Waals surface area contributed by atoms with Crippen molar-refractivity contribution in [3.8, 4) is 0 Å². The molecule has 10 unspecified atom stereocenters. The Morgan fingerprint density at radius 2 is 1.32 bits per heavy atom. The first-order chi connectivity index (χ1) is 16.0. The first kappa shape index (κ1) is 28.5. The Morgan fingerprint density at radius 1 is 0.735 bits per heavy atom. The summed E-state index contributed by atoms with van der Waals surface area (Å²) < 4.78 is 0. The Morgan fingerprint density at radius 3 is 1.94 bits per heavy atom. The second-order valence-corrected chi connectivity index (χ2v) is 14.2. The van der Waals surface area contributed by atoms with Gasteiger partial charge < -0.3 is 10.2 Å². The molecule has 5 aliphatic carbocycles. The van der Waals surface area contributed by atoms with E-state index in [1.165, 1.54) is 64.2 Å². The van der Waals surface area contributed by atoms with Gasteiger partial charge in [0.2, 0.25) is 0 Å². The van der Waals surface area contributed by atoms with Crippen LogP contribution in [0.2, 0.25) is 0 Å². The molecule has 0 bridgehead atoms. The third-order valence-electron chi connectivity index (χ3n) is 12.4. The maximum Gasteiger partial charge on any atom is 0.0594 e. The molecule has 0 aromatic carbocycles. The molecule has 2 N–H and O–H groups in total. The van der Waals surface area contributed by atoms with Crippen LogP contribution in [0.15, 0.2) is 0 Å². The van der Waals surface area contributed by atoms with E-state index in [0.717, 1.165) is 36.0 Å². The molecule has 0 saturated heterocycles. The number of hydrogen-bond donors (Lipinski definition) is 2. The summed E-state index contributed by atoms with van der Waals surface area (Å²) in [5.74, 6) is 4.75. The minimum atomic E-state index is -0.125. The monoisotopic (exact) mass is 476 g/mol. The van der Waals surface area contributed by atoms with E-state index in [1.807, 2.05) is 13.8 Å². The van der Waals surface area contributed by atoms with Gasteiger partial charge in [0.25, 0.3) is 0 Å². The van der Waals surface area contributed by atoms with E-state index in [4.69, 9.17) is 0 Å². The zero-order valence-corrected chi connectivity index (χ0v) is 24.4. The number of aliphatic hydroxyl groups is 2. The normalized spacial score (nSPS) is 50.7. The summed E-state index contributed by atoms with van der Waals surface area (Å²) in [6.07, 6.45) is 14.0. The van der Waals surface area contributed by atoms with Gasteiger partial charge in [0, 0.05) is 6.61 Å². The first-order valence-electron chi connectivity index (χ1n) is 15.3.